The minimum Gasteiger partial charge on any atom is -0.309 e. The molecule has 1 heterocycles. The normalized spacial score (nSPS) is 19.2. The van der Waals surface area contributed by atoms with Crippen molar-refractivity contribution in [3.8, 4) is 0 Å². The number of benzene rings is 1. The Morgan fingerprint density at radius 2 is 1.90 bits per heavy atom. The molecule has 1 N–H and O–H groups in total. The van der Waals surface area contributed by atoms with Gasteiger partial charge in [0.05, 0.1) is 0 Å². The molecule has 1 aromatic carbocycles. The molecule has 0 aromatic heterocycles. The van der Waals surface area contributed by atoms with Gasteiger partial charge >= 0.3 is 0 Å². The first-order chi connectivity index (χ1) is 9.72. The Kier molecular flexibility index (Phi) is 4.42. The zero-order valence-corrected chi connectivity index (χ0v) is 13.0. The van der Waals surface area contributed by atoms with Gasteiger partial charge in [-0.15, -0.1) is 0 Å². The SMILES string of the molecule is CC(C)CN(Cc1ccc2c(c1)CNC2)C1CCCC1. The van der Waals surface area contributed by atoms with E-state index in [4.69, 9.17) is 0 Å². The van der Waals surface area contributed by atoms with Crippen LogP contribution in [-0.4, -0.2) is 17.5 Å². The first kappa shape index (κ1) is 14.1. The number of nitrogens with zero attached hydrogens (tertiary/aromatic N) is 1. The van der Waals surface area contributed by atoms with Crippen molar-refractivity contribution in [1.82, 2.24) is 10.2 Å². The molecule has 0 bridgehead atoms. The van der Waals surface area contributed by atoms with Crippen LogP contribution in [0.5, 0.6) is 0 Å². The Hall–Kier alpha value is -0.860. The highest BCUT2D eigenvalue weighted by molar-refractivity contribution is 5.34. The number of hydrogen-bond donors (Lipinski definition) is 1. The number of nitrogens with one attached hydrogen (secondary N) is 1. The maximum atomic E-state index is 3.44. The first-order valence-corrected chi connectivity index (χ1v) is 8.28. The van der Waals surface area contributed by atoms with E-state index < -0.39 is 0 Å². The van der Waals surface area contributed by atoms with Crippen molar-refractivity contribution in [2.75, 3.05) is 6.54 Å². The van der Waals surface area contributed by atoms with Crippen LogP contribution in [0.4, 0.5) is 0 Å². The molecule has 3 rings (SSSR count). The Bertz CT molecular complexity index is 447. The largest absolute Gasteiger partial charge is 0.309 e. The summed E-state index contributed by atoms with van der Waals surface area (Å²) < 4.78 is 0. The number of rotatable bonds is 5. The van der Waals surface area contributed by atoms with E-state index >= 15 is 0 Å². The van der Waals surface area contributed by atoms with Gasteiger partial charge in [0.25, 0.3) is 0 Å². The van der Waals surface area contributed by atoms with Crippen molar-refractivity contribution in [2.45, 2.75) is 65.2 Å². The monoisotopic (exact) mass is 272 g/mol. The molecule has 110 valence electrons. The Balaban J connectivity index is 1.71. The topological polar surface area (TPSA) is 15.3 Å². The fourth-order valence-electron chi connectivity index (χ4n) is 3.76. The van der Waals surface area contributed by atoms with Crippen LogP contribution in [0.2, 0.25) is 0 Å². The third-order valence-electron chi connectivity index (χ3n) is 4.73. The summed E-state index contributed by atoms with van der Waals surface area (Å²) >= 11 is 0. The zero-order valence-electron chi connectivity index (χ0n) is 13.0. The minimum absolute atomic E-state index is 0.756. The molecular weight excluding hydrogens is 244 g/mol. The van der Waals surface area contributed by atoms with Gasteiger partial charge in [-0.1, -0.05) is 44.9 Å². The summed E-state index contributed by atoms with van der Waals surface area (Å²) in [7, 11) is 0. The van der Waals surface area contributed by atoms with E-state index in [0.717, 1.165) is 31.6 Å². The summed E-state index contributed by atoms with van der Waals surface area (Å²) in [5.74, 6) is 0.756. The van der Waals surface area contributed by atoms with Gasteiger partial charge in [-0.3, -0.25) is 4.90 Å². The van der Waals surface area contributed by atoms with Crippen molar-refractivity contribution in [3.63, 3.8) is 0 Å². The van der Waals surface area contributed by atoms with Crippen molar-refractivity contribution >= 4 is 0 Å². The van der Waals surface area contributed by atoms with E-state index in [1.54, 1.807) is 0 Å². The first-order valence-electron chi connectivity index (χ1n) is 8.28. The van der Waals surface area contributed by atoms with Gasteiger partial charge in [-0.05, 0) is 35.4 Å². The second-order valence-electron chi connectivity index (χ2n) is 6.97. The Labute approximate surface area is 123 Å². The molecule has 0 amide bonds. The highest BCUT2D eigenvalue weighted by atomic mass is 15.2. The van der Waals surface area contributed by atoms with Crippen LogP contribution in [0.25, 0.3) is 0 Å². The quantitative estimate of drug-likeness (QED) is 0.879. The summed E-state index contributed by atoms with van der Waals surface area (Å²) in [5.41, 5.74) is 4.50. The van der Waals surface area contributed by atoms with Gasteiger partial charge in [0, 0.05) is 32.2 Å². The van der Waals surface area contributed by atoms with E-state index in [0.29, 0.717) is 0 Å². The van der Waals surface area contributed by atoms with Crippen LogP contribution in [0.15, 0.2) is 18.2 Å². The van der Waals surface area contributed by atoms with Crippen molar-refractivity contribution in [2.24, 2.45) is 5.92 Å². The average Bonchev–Trinajstić information content (AvgIpc) is 3.08. The van der Waals surface area contributed by atoms with Crippen LogP contribution in [-0.2, 0) is 19.6 Å². The van der Waals surface area contributed by atoms with E-state index in [1.807, 2.05) is 0 Å². The van der Waals surface area contributed by atoms with E-state index in [2.05, 4.69) is 42.3 Å². The van der Waals surface area contributed by atoms with Crippen LogP contribution < -0.4 is 5.32 Å². The lowest BCUT2D eigenvalue weighted by Gasteiger charge is -2.30. The lowest BCUT2D eigenvalue weighted by atomic mass is 10.0. The predicted molar refractivity (Wildman–Crippen MR) is 84.5 cm³/mol. The van der Waals surface area contributed by atoms with Gasteiger partial charge in [-0.2, -0.15) is 0 Å². The van der Waals surface area contributed by atoms with Gasteiger partial charge in [0.2, 0.25) is 0 Å². The van der Waals surface area contributed by atoms with E-state index in [9.17, 15) is 0 Å². The van der Waals surface area contributed by atoms with Crippen LogP contribution in [0.1, 0.15) is 56.2 Å². The second-order valence-corrected chi connectivity index (χ2v) is 6.97. The molecule has 1 aliphatic carbocycles. The fraction of sp³-hybridized carbons (Fsp3) is 0.667. The Morgan fingerprint density at radius 1 is 1.15 bits per heavy atom. The van der Waals surface area contributed by atoms with Gasteiger partial charge in [-0.25, -0.2) is 0 Å². The molecule has 1 aromatic rings. The summed E-state index contributed by atoms with van der Waals surface area (Å²) in [4.78, 5) is 2.74. The summed E-state index contributed by atoms with van der Waals surface area (Å²) in [6.45, 7) is 9.16. The third kappa shape index (κ3) is 3.24. The minimum atomic E-state index is 0.756. The molecule has 0 atom stereocenters. The molecule has 0 saturated heterocycles. The standard InChI is InChI=1S/C18H28N2/c1-14(2)12-20(18-5-3-4-6-18)13-15-7-8-16-10-19-11-17(16)9-15/h7-9,14,18-19H,3-6,10-13H2,1-2H3. The molecule has 0 unspecified atom stereocenters. The van der Waals surface area contributed by atoms with Gasteiger partial charge in [0.15, 0.2) is 0 Å². The lowest BCUT2D eigenvalue weighted by molar-refractivity contribution is 0.168. The maximum Gasteiger partial charge on any atom is 0.0236 e. The summed E-state index contributed by atoms with van der Waals surface area (Å²) in [6.07, 6.45) is 5.65. The molecule has 2 heteroatoms. The highest BCUT2D eigenvalue weighted by Crippen LogP contribution is 2.26. The molecule has 1 saturated carbocycles. The van der Waals surface area contributed by atoms with Gasteiger partial charge in [0.1, 0.15) is 0 Å². The average molecular weight is 272 g/mol. The summed E-state index contributed by atoms with van der Waals surface area (Å²) in [5, 5.41) is 3.44. The van der Waals surface area contributed by atoms with Gasteiger partial charge < -0.3 is 5.32 Å². The fourth-order valence-corrected chi connectivity index (χ4v) is 3.76. The molecule has 1 aliphatic heterocycles. The summed E-state index contributed by atoms with van der Waals surface area (Å²) in [6, 6.07) is 7.92. The van der Waals surface area contributed by atoms with Crippen molar-refractivity contribution < 1.29 is 0 Å². The Morgan fingerprint density at radius 3 is 2.65 bits per heavy atom. The maximum absolute atomic E-state index is 3.44. The van der Waals surface area contributed by atoms with Crippen LogP contribution in [0, 0.1) is 5.92 Å². The number of hydrogen-bond acceptors (Lipinski definition) is 2. The molecule has 1 fully saturated rings. The smallest absolute Gasteiger partial charge is 0.0236 e. The van der Waals surface area contributed by atoms with Crippen molar-refractivity contribution in [3.05, 3.63) is 34.9 Å². The zero-order chi connectivity index (χ0) is 13.9. The van der Waals surface area contributed by atoms with Crippen molar-refractivity contribution in [1.29, 1.82) is 0 Å². The highest BCUT2D eigenvalue weighted by Gasteiger charge is 2.23. The molecule has 0 spiro atoms. The van der Waals surface area contributed by atoms with E-state index in [-0.39, 0.29) is 0 Å². The lowest BCUT2D eigenvalue weighted by Crippen LogP contribution is -2.35. The molecule has 2 aliphatic rings. The molecular formula is C18H28N2. The number of fused-ring (bicyclic) bond motifs is 1. The van der Waals surface area contributed by atoms with E-state index in [1.165, 1.54) is 48.9 Å². The predicted octanol–water partition coefficient (Wildman–Crippen LogP) is 3.69. The third-order valence-corrected chi connectivity index (χ3v) is 4.73. The molecule has 2 nitrogen and oxygen atoms in total. The second kappa shape index (κ2) is 6.28. The molecule has 0 radical (unpaired) electrons. The molecule has 20 heavy (non-hydrogen) atoms. The van der Waals surface area contributed by atoms with Crippen LogP contribution >= 0.6 is 0 Å². The van der Waals surface area contributed by atoms with Crippen LogP contribution in [0.3, 0.4) is 0 Å².